The van der Waals surface area contributed by atoms with Gasteiger partial charge in [-0.25, -0.2) is 0 Å². The van der Waals surface area contributed by atoms with Crippen LogP contribution in [0.15, 0.2) is 6.07 Å². The minimum Gasteiger partial charge on any atom is -0.388 e. The largest absolute Gasteiger partial charge is 0.388 e. The van der Waals surface area contributed by atoms with Crippen LogP contribution in [-0.4, -0.2) is 10.9 Å². The van der Waals surface area contributed by atoms with Gasteiger partial charge in [0, 0.05) is 15.5 Å². The second-order valence-corrected chi connectivity index (χ2v) is 7.11. The van der Waals surface area contributed by atoms with E-state index in [0.717, 1.165) is 12.2 Å². The zero-order chi connectivity index (χ0) is 12.3. The van der Waals surface area contributed by atoms with Crippen molar-refractivity contribution in [1.29, 1.82) is 0 Å². The Morgan fingerprint density at radius 3 is 2.76 bits per heavy atom. The van der Waals surface area contributed by atoms with Gasteiger partial charge in [0.1, 0.15) is 0 Å². The summed E-state index contributed by atoms with van der Waals surface area (Å²) in [4.78, 5) is 2.71. The summed E-state index contributed by atoms with van der Waals surface area (Å²) in [5.74, 6) is 3.05. The molecule has 0 spiro atoms. The fraction of sp³-hybridized carbons (Fsp3) is 0.714. The third kappa shape index (κ3) is 3.27. The van der Waals surface area contributed by atoms with Crippen LogP contribution >= 0.6 is 23.1 Å². The minimum atomic E-state index is -0.236. The van der Waals surface area contributed by atoms with E-state index in [1.807, 2.05) is 23.1 Å². The molecule has 1 aromatic heterocycles. The third-order valence-electron chi connectivity index (χ3n) is 3.69. The summed E-state index contributed by atoms with van der Waals surface area (Å²) in [5, 5.41) is 10.3. The van der Waals surface area contributed by atoms with Crippen molar-refractivity contribution in [1.82, 2.24) is 0 Å². The second kappa shape index (κ2) is 6.26. The highest BCUT2D eigenvalue weighted by Gasteiger charge is 2.19. The number of hydrogen-bond donors (Lipinski definition) is 1. The van der Waals surface area contributed by atoms with Crippen LogP contribution in [0.2, 0.25) is 0 Å². The molecule has 0 aliphatic carbocycles. The number of hydrogen-bond acceptors (Lipinski definition) is 3. The molecule has 2 heterocycles. The summed E-state index contributed by atoms with van der Waals surface area (Å²) in [5.41, 5.74) is 1.48. The van der Waals surface area contributed by atoms with Crippen LogP contribution in [0.25, 0.3) is 0 Å². The maximum absolute atomic E-state index is 10.3. The van der Waals surface area contributed by atoms with Crippen molar-refractivity contribution < 1.29 is 5.11 Å². The molecule has 0 radical (unpaired) electrons. The number of fused-ring (bicyclic) bond motifs is 1. The Labute approximate surface area is 113 Å². The first kappa shape index (κ1) is 13.4. The highest BCUT2D eigenvalue weighted by atomic mass is 32.2. The Balaban J connectivity index is 2.03. The average molecular weight is 270 g/mol. The quantitative estimate of drug-likeness (QED) is 0.856. The van der Waals surface area contributed by atoms with Gasteiger partial charge < -0.3 is 5.11 Å². The summed E-state index contributed by atoms with van der Waals surface area (Å²) < 4.78 is 0. The SMILES string of the molecule is CCC(CC)CC(O)c1cc2c(s1)CCSC2. The number of aliphatic hydroxyl groups excluding tert-OH is 1. The lowest BCUT2D eigenvalue weighted by molar-refractivity contribution is 0.144. The Morgan fingerprint density at radius 1 is 1.35 bits per heavy atom. The topological polar surface area (TPSA) is 20.2 Å². The number of aliphatic hydroxyl groups is 1. The number of thioether (sulfide) groups is 1. The fourth-order valence-corrected chi connectivity index (χ4v) is 4.76. The maximum atomic E-state index is 10.3. The van der Waals surface area contributed by atoms with Gasteiger partial charge in [0.25, 0.3) is 0 Å². The zero-order valence-electron chi connectivity index (χ0n) is 10.7. The monoisotopic (exact) mass is 270 g/mol. The molecule has 0 fully saturated rings. The van der Waals surface area contributed by atoms with Crippen LogP contribution in [0.3, 0.4) is 0 Å². The molecule has 0 bridgehead atoms. The molecule has 1 aromatic rings. The Hall–Kier alpha value is 0.01000. The molecule has 0 saturated carbocycles. The molecule has 17 heavy (non-hydrogen) atoms. The van der Waals surface area contributed by atoms with Crippen LogP contribution in [0.1, 0.15) is 54.5 Å². The van der Waals surface area contributed by atoms with Gasteiger partial charge >= 0.3 is 0 Å². The van der Waals surface area contributed by atoms with Gasteiger partial charge in [-0.05, 0) is 36.1 Å². The first-order valence-electron chi connectivity index (χ1n) is 6.61. The van der Waals surface area contributed by atoms with Crippen LogP contribution in [0.4, 0.5) is 0 Å². The fourth-order valence-electron chi connectivity index (χ4n) is 2.39. The van der Waals surface area contributed by atoms with Gasteiger partial charge in [0.15, 0.2) is 0 Å². The summed E-state index contributed by atoms with van der Waals surface area (Å²) in [6, 6.07) is 2.25. The summed E-state index contributed by atoms with van der Waals surface area (Å²) in [6.45, 7) is 4.44. The maximum Gasteiger partial charge on any atom is 0.0884 e. The Morgan fingerprint density at radius 2 is 2.12 bits per heavy atom. The first-order chi connectivity index (χ1) is 8.24. The molecule has 2 rings (SSSR count). The van der Waals surface area contributed by atoms with E-state index in [2.05, 4.69) is 19.9 Å². The van der Waals surface area contributed by atoms with E-state index < -0.39 is 0 Å². The van der Waals surface area contributed by atoms with Crippen molar-refractivity contribution >= 4 is 23.1 Å². The summed E-state index contributed by atoms with van der Waals surface area (Å²) >= 11 is 3.85. The normalized spacial score (nSPS) is 17.2. The molecule has 1 nitrogen and oxygen atoms in total. The van der Waals surface area contributed by atoms with Crippen molar-refractivity contribution in [2.75, 3.05) is 5.75 Å². The van der Waals surface area contributed by atoms with Crippen LogP contribution in [0.5, 0.6) is 0 Å². The molecule has 1 unspecified atom stereocenters. The van der Waals surface area contributed by atoms with Crippen molar-refractivity contribution in [3.63, 3.8) is 0 Å². The standard InChI is InChI=1S/C14H22OS2/c1-3-10(4-2)7-12(15)14-8-11-9-16-6-5-13(11)17-14/h8,10,12,15H,3-7,9H2,1-2H3. The van der Waals surface area contributed by atoms with Gasteiger partial charge in [0.2, 0.25) is 0 Å². The lowest BCUT2D eigenvalue weighted by Gasteiger charge is -2.16. The predicted octanol–water partition coefficient (Wildman–Crippen LogP) is 4.40. The molecule has 1 atom stereocenters. The van der Waals surface area contributed by atoms with E-state index >= 15 is 0 Å². The molecule has 0 aromatic carbocycles. The van der Waals surface area contributed by atoms with Crippen LogP contribution < -0.4 is 0 Å². The minimum absolute atomic E-state index is 0.236. The lowest BCUT2D eigenvalue weighted by Crippen LogP contribution is -2.04. The predicted molar refractivity (Wildman–Crippen MR) is 77.8 cm³/mol. The van der Waals surface area contributed by atoms with Crippen LogP contribution in [-0.2, 0) is 12.2 Å². The molecule has 1 aliphatic heterocycles. The van der Waals surface area contributed by atoms with Crippen LogP contribution in [0, 0.1) is 5.92 Å². The molecule has 1 aliphatic rings. The van der Waals surface area contributed by atoms with Crippen molar-refractivity contribution in [2.24, 2.45) is 5.92 Å². The zero-order valence-corrected chi connectivity index (χ0v) is 12.4. The van der Waals surface area contributed by atoms with E-state index in [4.69, 9.17) is 0 Å². The van der Waals surface area contributed by atoms with E-state index in [9.17, 15) is 5.11 Å². The van der Waals surface area contributed by atoms with E-state index in [-0.39, 0.29) is 6.10 Å². The molecule has 0 saturated heterocycles. The molecule has 3 heteroatoms. The third-order valence-corrected chi connectivity index (χ3v) is 6.03. The summed E-state index contributed by atoms with van der Waals surface area (Å²) in [6.07, 6.45) is 4.24. The van der Waals surface area contributed by atoms with E-state index in [1.54, 1.807) is 0 Å². The van der Waals surface area contributed by atoms with Gasteiger partial charge in [0.05, 0.1) is 6.10 Å². The molecule has 96 valence electrons. The first-order valence-corrected chi connectivity index (χ1v) is 8.59. The van der Waals surface area contributed by atoms with Gasteiger partial charge in [-0.2, -0.15) is 11.8 Å². The van der Waals surface area contributed by atoms with Crippen molar-refractivity contribution in [3.05, 3.63) is 21.4 Å². The number of rotatable bonds is 5. The van der Waals surface area contributed by atoms with E-state index in [1.165, 1.54) is 40.3 Å². The van der Waals surface area contributed by atoms with Gasteiger partial charge in [-0.3, -0.25) is 0 Å². The summed E-state index contributed by atoms with van der Waals surface area (Å²) in [7, 11) is 0. The van der Waals surface area contributed by atoms with E-state index in [0.29, 0.717) is 5.92 Å². The molecular weight excluding hydrogens is 248 g/mol. The van der Waals surface area contributed by atoms with Gasteiger partial charge in [-0.1, -0.05) is 26.7 Å². The number of aryl methyl sites for hydroxylation is 1. The second-order valence-electron chi connectivity index (χ2n) is 4.83. The van der Waals surface area contributed by atoms with Gasteiger partial charge in [-0.15, -0.1) is 11.3 Å². The van der Waals surface area contributed by atoms with Crippen molar-refractivity contribution in [2.45, 2.75) is 51.4 Å². The molecule has 1 N–H and O–H groups in total. The Kier molecular flexibility index (Phi) is 4.95. The van der Waals surface area contributed by atoms with Crippen molar-refractivity contribution in [3.8, 4) is 0 Å². The molecule has 0 amide bonds. The lowest BCUT2D eigenvalue weighted by atomic mass is 9.95. The molecular formula is C14H22OS2. The number of thiophene rings is 1. The Bertz CT molecular complexity index is 332. The highest BCUT2D eigenvalue weighted by Crippen LogP contribution is 2.36. The smallest absolute Gasteiger partial charge is 0.0884 e. The highest BCUT2D eigenvalue weighted by molar-refractivity contribution is 7.98. The average Bonchev–Trinajstić information content (AvgIpc) is 2.79.